The molecule has 3 aromatic rings. The maximum Gasteiger partial charge on any atom is 0.256 e. The van der Waals surface area contributed by atoms with E-state index in [2.05, 4.69) is 15.4 Å². The summed E-state index contributed by atoms with van der Waals surface area (Å²) in [6, 6.07) is 14.5. The van der Waals surface area contributed by atoms with Crippen molar-refractivity contribution in [3.63, 3.8) is 0 Å². The van der Waals surface area contributed by atoms with Crippen molar-refractivity contribution in [1.29, 1.82) is 0 Å². The maximum atomic E-state index is 13.4. The minimum atomic E-state index is -0.427. The van der Waals surface area contributed by atoms with E-state index in [0.29, 0.717) is 34.6 Å². The summed E-state index contributed by atoms with van der Waals surface area (Å²) < 4.78 is 26.5. The minimum Gasteiger partial charge on any atom is -0.396 e. The molecule has 1 amide bonds. The van der Waals surface area contributed by atoms with Gasteiger partial charge in [-0.3, -0.25) is 9.80 Å². The average molecular weight is 431 g/mol. The van der Waals surface area contributed by atoms with Crippen molar-refractivity contribution in [3.05, 3.63) is 107 Å². The zero-order chi connectivity index (χ0) is 22.5. The van der Waals surface area contributed by atoms with E-state index in [-0.39, 0.29) is 11.6 Å². The number of hydrogen-bond donors (Lipinski definition) is 2. The molecule has 0 bridgehead atoms. The molecule has 0 saturated heterocycles. The van der Waals surface area contributed by atoms with Gasteiger partial charge in [-0.15, -0.1) is 0 Å². The first kappa shape index (κ1) is 20.9. The van der Waals surface area contributed by atoms with Crippen LogP contribution in [-0.2, 0) is 0 Å². The van der Waals surface area contributed by atoms with Crippen LogP contribution in [0, 0.1) is 11.6 Å². The third-order valence-corrected chi connectivity index (χ3v) is 4.76. The summed E-state index contributed by atoms with van der Waals surface area (Å²) in [6.45, 7) is 0.479. The van der Waals surface area contributed by atoms with Gasteiger partial charge in [-0.2, -0.15) is 5.10 Å². The second kappa shape index (κ2) is 9.22. The van der Waals surface area contributed by atoms with Gasteiger partial charge in [0.2, 0.25) is 0 Å². The lowest BCUT2D eigenvalue weighted by Gasteiger charge is -2.25. The Morgan fingerprint density at radius 1 is 0.938 bits per heavy atom. The number of rotatable bonds is 5. The van der Waals surface area contributed by atoms with Crippen LogP contribution in [0.15, 0.2) is 84.1 Å². The Hall–Kier alpha value is -4.33. The van der Waals surface area contributed by atoms with Crippen molar-refractivity contribution in [1.82, 2.24) is 9.99 Å². The molecule has 160 valence electrons. The number of allylic oxidation sites excluding steroid dienone is 1. The Kier molecular flexibility index (Phi) is 6.03. The summed E-state index contributed by atoms with van der Waals surface area (Å²) in [7, 11) is 0. The Bertz CT molecular complexity index is 1220. The van der Waals surface area contributed by atoms with Gasteiger partial charge in [0.25, 0.3) is 5.91 Å². The summed E-state index contributed by atoms with van der Waals surface area (Å²) in [6.07, 6.45) is 6.92. The molecular formula is C24H19F2N5O. The molecule has 3 N–H and O–H groups in total. The number of amides is 1. The first-order chi connectivity index (χ1) is 15.5. The predicted octanol–water partition coefficient (Wildman–Crippen LogP) is 4.25. The van der Waals surface area contributed by atoms with E-state index in [1.165, 1.54) is 42.6 Å². The molecule has 0 atom stereocenters. The number of pyridine rings is 1. The quantitative estimate of drug-likeness (QED) is 0.633. The second-order valence-corrected chi connectivity index (χ2v) is 6.93. The SMILES string of the molecule is N/C(=C(/c1ccnc(NC(=O)c2ccc(F)cc2)c1)N1CC=CC=N1)c1ccc(F)cc1. The first-order valence-corrected chi connectivity index (χ1v) is 9.77. The third kappa shape index (κ3) is 4.70. The number of hydrogen-bond acceptors (Lipinski definition) is 5. The van der Waals surface area contributed by atoms with Gasteiger partial charge in [0.1, 0.15) is 17.5 Å². The van der Waals surface area contributed by atoms with Crippen LogP contribution in [-0.4, -0.2) is 28.7 Å². The molecule has 2 aromatic carbocycles. The fourth-order valence-electron chi connectivity index (χ4n) is 3.18. The van der Waals surface area contributed by atoms with Crippen molar-refractivity contribution in [2.75, 3.05) is 11.9 Å². The molecule has 0 saturated carbocycles. The number of nitrogens with zero attached hydrogens (tertiary/aromatic N) is 3. The summed E-state index contributed by atoms with van der Waals surface area (Å²) in [5.41, 5.74) is 9.03. The Morgan fingerprint density at radius 2 is 1.59 bits per heavy atom. The van der Waals surface area contributed by atoms with E-state index in [9.17, 15) is 13.6 Å². The fourth-order valence-corrected chi connectivity index (χ4v) is 3.18. The maximum absolute atomic E-state index is 13.4. The average Bonchev–Trinajstić information content (AvgIpc) is 2.81. The van der Waals surface area contributed by atoms with Crippen molar-refractivity contribution < 1.29 is 13.6 Å². The van der Waals surface area contributed by atoms with E-state index in [4.69, 9.17) is 5.73 Å². The van der Waals surface area contributed by atoms with Crippen molar-refractivity contribution >= 4 is 29.3 Å². The number of halogens is 2. The lowest BCUT2D eigenvalue weighted by Crippen LogP contribution is -2.22. The van der Waals surface area contributed by atoms with Gasteiger partial charge in [0, 0.05) is 23.5 Å². The monoisotopic (exact) mass is 431 g/mol. The molecule has 6 nitrogen and oxygen atoms in total. The highest BCUT2D eigenvalue weighted by atomic mass is 19.1. The van der Waals surface area contributed by atoms with Gasteiger partial charge in [-0.25, -0.2) is 13.8 Å². The van der Waals surface area contributed by atoms with E-state index in [1.54, 1.807) is 35.5 Å². The van der Waals surface area contributed by atoms with Crippen LogP contribution >= 0.6 is 0 Å². The first-order valence-electron chi connectivity index (χ1n) is 9.77. The van der Waals surface area contributed by atoms with Crippen LogP contribution in [0.3, 0.4) is 0 Å². The molecule has 1 aliphatic rings. The van der Waals surface area contributed by atoms with Crippen LogP contribution in [0.25, 0.3) is 11.4 Å². The molecule has 0 aliphatic carbocycles. The summed E-state index contributed by atoms with van der Waals surface area (Å²) in [5.74, 6) is -0.927. The number of nitrogens with one attached hydrogen (secondary N) is 1. The van der Waals surface area contributed by atoms with Crippen LogP contribution < -0.4 is 11.1 Å². The van der Waals surface area contributed by atoms with Gasteiger partial charge in [-0.1, -0.05) is 6.08 Å². The van der Waals surface area contributed by atoms with E-state index >= 15 is 0 Å². The summed E-state index contributed by atoms with van der Waals surface area (Å²) in [5, 5.41) is 8.80. The highest BCUT2D eigenvalue weighted by Crippen LogP contribution is 2.28. The van der Waals surface area contributed by atoms with Crippen LogP contribution in [0.5, 0.6) is 0 Å². The highest BCUT2D eigenvalue weighted by Gasteiger charge is 2.18. The zero-order valence-electron chi connectivity index (χ0n) is 16.9. The number of nitrogens with two attached hydrogens (primary N) is 1. The minimum absolute atomic E-state index is 0.290. The van der Waals surface area contributed by atoms with E-state index < -0.39 is 11.7 Å². The number of carbonyl (C=O) groups excluding carboxylic acids is 1. The normalized spacial score (nSPS) is 13.6. The topological polar surface area (TPSA) is 83.6 Å². The standard InChI is InChI=1S/C24H19F2N5O/c25-19-7-3-16(4-8-19)22(27)23(31-14-2-1-12-29-31)18-11-13-28-21(15-18)30-24(32)17-5-9-20(26)10-6-17/h1-13,15H,14,27H2,(H,28,30,32)/b23-22-. The van der Waals surface area contributed by atoms with Crippen LogP contribution in [0.1, 0.15) is 21.5 Å². The van der Waals surface area contributed by atoms with Crippen LogP contribution in [0.4, 0.5) is 14.6 Å². The lowest BCUT2D eigenvalue weighted by molar-refractivity contribution is 0.102. The molecule has 32 heavy (non-hydrogen) atoms. The molecule has 0 fully saturated rings. The molecule has 0 unspecified atom stereocenters. The zero-order valence-corrected chi connectivity index (χ0v) is 16.9. The molecule has 1 aliphatic heterocycles. The van der Waals surface area contributed by atoms with Gasteiger partial charge in [-0.05, 0) is 72.3 Å². The number of hydrazone groups is 1. The van der Waals surface area contributed by atoms with Gasteiger partial charge >= 0.3 is 0 Å². The lowest BCUT2D eigenvalue weighted by atomic mass is 10.1. The number of anilines is 1. The van der Waals surface area contributed by atoms with Gasteiger partial charge in [0.05, 0.1) is 17.9 Å². The third-order valence-electron chi connectivity index (χ3n) is 4.76. The van der Waals surface area contributed by atoms with Crippen molar-refractivity contribution in [2.24, 2.45) is 10.8 Å². The summed E-state index contributed by atoms with van der Waals surface area (Å²) >= 11 is 0. The van der Waals surface area contributed by atoms with E-state index in [1.807, 2.05) is 12.2 Å². The number of carbonyl (C=O) groups is 1. The molecular weight excluding hydrogens is 412 g/mol. The largest absolute Gasteiger partial charge is 0.396 e. The molecule has 8 heteroatoms. The molecule has 2 heterocycles. The molecule has 1 aromatic heterocycles. The van der Waals surface area contributed by atoms with Gasteiger partial charge < -0.3 is 11.1 Å². The Morgan fingerprint density at radius 3 is 2.22 bits per heavy atom. The fraction of sp³-hybridized carbons (Fsp3) is 0.0417. The number of benzene rings is 2. The van der Waals surface area contributed by atoms with Crippen LogP contribution in [0.2, 0.25) is 0 Å². The Balaban J connectivity index is 1.70. The molecule has 0 radical (unpaired) electrons. The predicted molar refractivity (Wildman–Crippen MR) is 120 cm³/mol. The molecule has 4 rings (SSSR count). The smallest absolute Gasteiger partial charge is 0.256 e. The van der Waals surface area contributed by atoms with E-state index in [0.717, 1.165) is 0 Å². The van der Waals surface area contributed by atoms with Crippen molar-refractivity contribution in [3.8, 4) is 0 Å². The van der Waals surface area contributed by atoms with Crippen molar-refractivity contribution in [2.45, 2.75) is 0 Å². The Labute approximate surface area is 183 Å². The molecule has 0 spiro atoms. The van der Waals surface area contributed by atoms with Gasteiger partial charge in [0.15, 0.2) is 0 Å². The number of aromatic nitrogens is 1. The highest BCUT2D eigenvalue weighted by molar-refractivity contribution is 6.04. The summed E-state index contributed by atoms with van der Waals surface area (Å²) in [4.78, 5) is 16.7. The second-order valence-electron chi connectivity index (χ2n) is 6.93.